The molecule has 0 unspecified atom stereocenters. The molecule has 0 aliphatic carbocycles. The average molecular weight is 236 g/mol. The molecular weight excluding hydrogens is 212 g/mol. The van der Waals surface area contributed by atoms with E-state index < -0.39 is 0 Å². The summed E-state index contributed by atoms with van der Waals surface area (Å²) in [4.78, 5) is 11.0. The van der Waals surface area contributed by atoms with Crippen molar-refractivity contribution in [2.24, 2.45) is 0 Å². The van der Waals surface area contributed by atoms with Crippen molar-refractivity contribution in [3.63, 3.8) is 0 Å². The standard InChI is InChI=1S/C13H24N4/c1-14-4-7-16-9-12-17(13-10-16)11-8-15-5-2-3-6-15/h2-13H2. The van der Waals surface area contributed by atoms with Crippen LogP contribution in [0.3, 0.4) is 0 Å². The van der Waals surface area contributed by atoms with Gasteiger partial charge in [-0.1, -0.05) is 0 Å². The van der Waals surface area contributed by atoms with E-state index in [2.05, 4.69) is 19.5 Å². The highest BCUT2D eigenvalue weighted by molar-refractivity contribution is 4.76. The first-order chi connectivity index (χ1) is 8.38. The van der Waals surface area contributed by atoms with E-state index in [0.717, 1.165) is 19.6 Å². The third-order valence-corrected chi connectivity index (χ3v) is 3.92. The zero-order valence-electron chi connectivity index (χ0n) is 10.8. The molecule has 0 atom stereocenters. The molecule has 0 aromatic rings. The van der Waals surface area contributed by atoms with E-state index in [9.17, 15) is 0 Å². The fourth-order valence-corrected chi connectivity index (χ4v) is 2.72. The fraction of sp³-hybridized carbons (Fsp3) is 0.923. The van der Waals surface area contributed by atoms with E-state index in [-0.39, 0.29) is 0 Å². The highest BCUT2D eigenvalue weighted by Crippen LogP contribution is 2.07. The van der Waals surface area contributed by atoms with Gasteiger partial charge in [-0.25, -0.2) is 6.57 Å². The molecule has 2 fully saturated rings. The monoisotopic (exact) mass is 236 g/mol. The Hall–Kier alpha value is -0.630. The van der Waals surface area contributed by atoms with Gasteiger partial charge in [0, 0.05) is 39.3 Å². The summed E-state index contributed by atoms with van der Waals surface area (Å²) in [7, 11) is 0. The Bertz CT molecular complexity index is 247. The topological polar surface area (TPSA) is 14.1 Å². The lowest BCUT2D eigenvalue weighted by molar-refractivity contribution is 0.126. The smallest absolute Gasteiger partial charge is 0.227 e. The summed E-state index contributed by atoms with van der Waals surface area (Å²) < 4.78 is 0. The van der Waals surface area contributed by atoms with Crippen LogP contribution in [0.4, 0.5) is 0 Å². The highest BCUT2D eigenvalue weighted by atomic mass is 15.3. The molecule has 0 aromatic heterocycles. The lowest BCUT2D eigenvalue weighted by atomic mass is 10.3. The van der Waals surface area contributed by atoms with Crippen molar-refractivity contribution in [3.05, 3.63) is 11.4 Å². The molecule has 4 nitrogen and oxygen atoms in total. The Balaban J connectivity index is 1.57. The van der Waals surface area contributed by atoms with E-state index in [4.69, 9.17) is 6.57 Å². The van der Waals surface area contributed by atoms with Crippen molar-refractivity contribution < 1.29 is 0 Å². The van der Waals surface area contributed by atoms with Crippen molar-refractivity contribution in [3.8, 4) is 0 Å². The molecule has 96 valence electrons. The molecule has 0 radical (unpaired) electrons. The van der Waals surface area contributed by atoms with Gasteiger partial charge >= 0.3 is 0 Å². The first-order valence-electron chi connectivity index (χ1n) is 6.89. The summed E-state index contributed by atoms with van der Waals surface area (Å²) in [6.07, 6.45) is 2.79. The molecule has 2 aliphatic rings. The molecular formula is C13H24N4. The van der Waals surface area contributed by atoms with Gasteiger partial charge in [0.2, 0.25) is 6.54 Å². The summed E-state index contributed by atoms with van der Waals surface area (Å²) in [5.74, 6) is 0. The van der Waals surface area contributed by atoms with Crippen LogP contribution in [0.1, 0.15) is 12.8 Å². The summed E-state index contributed by atoms with van der Waals surface area (Å²) in [6.45, 7) is 18.2. The number of hydrogen-bond donors (Lipinski definition) is 0. The molecule has 0 bridgehead atoms. The van der Waals surface area contributed by atoms with Crippen LogP contribution < -0.4 is 0 Å². The summed E-state index contributed by atoms with van der Waals surface area (Å²) in [6, 6.07) is 0. The zero-order valence-corrected chi connectivity index (χ0v) is 10.8. The van der Waals surface area contributed by atoms with Gasteiger partial charge in [-0.15, -0.1) is 0 Å². The molecule has 0 N–H and O–H groups in total. The van der Waals surface area contributed by atoms with Crippen LogP contribution in [0.2, 0.25) is 0 Å². The van der Waals surface area contributed by atoms with Crippen LogP contribution >= 0.6 is 0 Å². The molecule has 2 saturated heterocycles. The van der Waals surface area contributed by atoms with Crippen molar-refractivity contribution in [2.75, 3.05) is 65.4 Å². The Morgan fingerprint density at radius 1 is 0.706 bits per heavy atom. The summed E-state index contributed by atoms with van der Waals surface area (Å²) in [5.41, 5.74) is 0. The molecule has 0 aromatic carbocycles. The number of rotatable bonds is 5. The number of nitrogens with zero attached hydrogens (tertiary/aromatic N) is 4. The molecule has 2 rings (SSSR count). The number of likely N-dealkylation sites (tertiary alicyclic amines) is 1. The van der Waals surface area contributed by atoms with E-state index in [0.29, 0.717) is 6.54 Å². The molecule has 17 heavy (non-hydrogen) atoms. The van der Waals surface area contributed by atoms with E-state index in [1.54, 1.807) is 0 Å². The third kappa shape index (κ3) is 4.27. The maximum Gasteiger partial charge on any atom is 0.227 e. The van der Waals surface area contributed by atoms with Gasteiger partial charge < -0.3 is 9.74 Å². The highest BCUT2D eigenvalue weighted by Gasteiger charge is 2.18. The predicted molar refractivity (Wildman–Crippen MR) is 70.0 cm³/mol. The van der Waals surface area contributed by atoms with E-state index >= 15 is 0 Å². The van der Waals surface area contributed by atoms with E-state index in [1.165, 1.54) is 52.1 Å². The van der Waals surface area contributed by atoms with Crippen molar-refractivity contribution >= 4 is 0 Å². The van der Waals surface area contributed by atoms with Gasteiger partial charge in [-0.05, 0) is 25.9 Å². The van der Waals surface area contributed by atoms with E-state index in [1.807, 2.05) is 0 Å². The second kappa shape index (κ2) is 6.95. The minimum atomic E-state index is 0.660. The van der Waals surface area contributed by atoms with Gasteiger partial charge in [-0.2, -0.15) is 0 Å². The largest absolute Gasteiger partial charge is 0.316 e. The average Bonchev–Trinajstić information content (AvgIpc) is 2.88. The van der Waals surface area contributed by atoms with Crippen LogP contribution in [0.25, 0.3) is 4.85 Å². The number of piperazine rings is 1. The molecule has 0 saturated carbocycles. The Morgan fingerprint density at radius 2 is 1.18 bits per heavy atom. The maximum atomic E-state index is 6.80. The zero-order chi connectivity index (χ0) is 11.9. The van der Waals surface area contributed by atoms with Gasteiger partial charge in [-0.3, -0.25) is 9.80 Å². The minimum absolute atomic E-state index is 0.660. The molecule has 4 heteroatoms. The Morgan fingerprint density at radius 3 is 1.71 bits per heavy atom. The second-order valence-corrected chi connectivity index (χ2v) is 5.11. The van der Waals surface area contributed by atoms with Crippen molar-refractivity contribution in [2.45, 2.75) is 12.8 Å². The lowest BCUT2D eigenvalue weighted by Gasteiger charge is -2.34. The summed E-state index contributed by atoms with van der Waals surface area (Å²) >= 11 is 0. The maximum absolute atomic E-state index is 6.80. The number of hydrogen-bond acceptors (Lipinski definition) is 3. The van der Waals surface area contributed by atoms with Crippen molar-refractivity contribution in [1.29, 1.82) is 0 Å². The molecule has 2 aliphatic heterocycles. The van der Waals surface area contributed by atoms with Crippen LogP contribution in [0.15, 0.2) is 0 Å². The lowest BCUT2D eigenvalue weighted by Crippen LogP contribution is -2.48. The van der Waals surface area contributed by atoms with Crippen LogP contribution in [-0.4, -0.2) is 80.1 Å². The Kier molecular flexibility index (Phi) is 5.24. The van der Waals surface area contributed by atoms with Gasteiger partial charge in [0.25, 0.3) is 0 Å². The van der Waals surface area contributed by atoms with Gasteiger partial charge in [0.1, 0.15) is 0 Å². The quantitative estimate of drug-likeness (QED) is 0.650. The minimum Gasteiger partial charge on any atom is -0.316 e. The normalized spacial score (nSPS) is 23.9. The fourth-order valence-electron chi connectivity index (χ4n) is 2.72. The van der Waals surface area contributed by atoms with Crippen LogP contribution in [0, 0.1) is 6.57 Å². The molecule has 0 amide bonds. The van der Waals surface area contributed by atoms with Crippen LogP contribution in [-0.2, 0) is 0 Å². The van der Waals surface area contributed by atoms with Crippen LogP contribution in [0.5, 0.6) is 0 Å². The third-order valence-electron chi connectivity index (χ3n) is 3.92. The SMILES string of the molecule is [C-]#[N+]CCN1CCN(CCN2CCCC2)CC1. The molecule has 0 spiro atoms. The molecule has 2 heterocycles. The second-order valence-electron chi connectivity index (χ2n) is 5.11. The van der Waals surface area contributed by atoms with Gasteiger partial charge in [0.05, 0.1) is 6.54 Å². The van der Waals surface area contributed by atoms with Crippen molar-refractivity contribution in [1.82, 2.24) is 14.7 Å². The first kappa shape index (κ1) is 12.8. The Labute approximate surface area is 105 Å². The predicted octanol–water partition coefficient (Wildman–Crippen LogP) is 0.619. The first-order valence-corrected chi connectivity index (χ1v) is 6.89. The van der Waals surface area contributed by atoms with Gasteiger partial charge in [0.15, 0.2) is 0 Å². The summed E-state index contributed by atoms with van der Waals surface area (Å²) in [5, 5.41) is 0.